The van der Waals surface area contributed by atoms with Crippen LogP contribution in [0.25, 0.3) is 22.6 Å². The number of alkyl carbamates (subject to hydrolysis) is 1. The molecular weight excluding hydrogens is 488 g/mol. The molecule has 1 aliphatic carbocycles. The number of allylic oxidation sites excluding steroid dienone is 3. The Kier molecular flexibility index (Phi) is 7.21. The zero-order chi connectivity index (χ0) is 27.7. The zero-order valence-electron chi connectivity index (χ0n) is 23.3. The minimum atomic E-state index is -0.496. The average molecular weight is 527 g/mol. The van der Waals surface area contributed by atoms with Crippen molar-refractivity contribution in [3.8, 4) is 11.3 Å². The number of ether oxygens (including phenoxy) is 1. The van der Waals surface area contributed by atoms with Crippen LogP contribution in [-0.2, 0) is 4.74 Å². The van der Waals surface area contributed by atoms with Crippen molar-refractivity contribution in [2.75, 3.05) is 13.1 Å². The maximum Gasteiger partial charge on any atom is 0.407 e. The van der Waals surface area contributed by atoms with Crippen LogP contribution in [0.2, 0.25) is 0 Å². The van der Waals surface area contributed by atoms with E-state index in [2.05, 4.69) is 69.7 Å². The third kappa shape index (κ3) is 6.00. The fourth-order valence-electron chi connectivity index (χ4n) is 5.27. The predicted octanol–water partition coefficient (Wildman–Crippen LogP) is 5.55. The first-order chi connectivity index (χ1) is 18.6. The van der Waals surface area contributed by atoms with Crippen LogP contribution in [0.15, 0.2) is 67.3 Å². The molecule has 3 N–H and O–H groups in total. The van der Waals surface area contributed by atoms with E-state index in [9.17, 15) is 4.79 Å². The number of hydrogen-bond donors (Lipinski definition) is 2. The number of nitrogens with zero attached hydrogens (tertiary/aromatic N) is 4. The normalized spacial score (nSPS) is 18.2. The molecule has 204 valence electrons. The highest BCUT2D eigenvalue weighted by Gasteiger charge is 2.25. The Labute approximate surface area is 230 Å². The summed E-state index contributed by atoms with van der Waals surface area (Å²) in [6.45, 7) is 13.8. The topological polar surface area (TPSA) is 97.8 Å². The first-order valence-corrected chi connectivity index (χ1v) is 13.6. The number of likely N-dealkylation sites (tertiary alicyclic amines) is 1. The van der Waals surface area contributed by atoms with Crippen molar-refractivity contribution in [2.24, 2.45) is 5.73 Å². The minimum absolute atomic E-state index is 0.110. The number of hydrogen-bond acceptors (Lipinski definition) is 6. The molecule has 3 aromatic rings. The molecule has 1 fully saturated rings. The van der Waals surface area contributed by atoms with E-state index < -0.39 is 5.60 Å². The fraction of sp³-hybridized carbons (Fsp3) is 0.387. The van der Waals surface area contributed by atoms with Gasteiger partial charge in [0.25, 0.3) is 0 Å². The summed E-state index contributed by atoms with van der Waals surface area (Å²) >= 11 is 0. The first-order valence-electron chi connectivity index (χ1n) is 13.6. The lowest BCUT2D eigenvalue weighted by atomic mass is 9.96. The van der Waals surface area contributed by atoms with Gasteiger partial charge in [-0.25, -0.2) is 9.78 Å². The number of nitrogens with two attached hydrogens (primary N) is 1. The van der Waals surface area contributed by atoms with E-state index in [1.54, 1.807) is 0 Å². The van der Waals surface area contributed by atoms with E-state index in [-0.39, 0.29) is 18.1 Å². The standard InChI is InChI=1S/C31H38N6O2/c1-20-16-23(27-19-37-28(17-34-29(37)18-33-27)22-6-9-24(32)10-7-22)8-11-26(20)21(2)36-14-12-25(13-15-36)35-30(38)39-31(3,4)5/h6,8-11,16-19,22,25H,2,7,12-15,32H2,1,3-5H3,(H,35,38). The van der Waals surface area contributed by atoms with Crippen molar-refractivity contribution in [3.05, 3.63) is 84.1 Å². The van der Waals surface area contributed by atoms with Crippen molar-refractivity contribution in [1.29, 1.82) is 0 Å². The van der Waals surface area contributed by atoms with Crippen molar-refractivity contribution >= 4 is 17.4 Å². The highest BCUT2D eigenvalue weighted by molar-refractivity contribution is 5.71. The maximum absolute atomic E-state index is 12.1. The summed E-state index contributed by atoms with van der Waals surface area (Å²) in [5.74, 6) is 0.235. The van der Waals surface area contributed by atoms with Crippen molar-refractivity contribution in [2.45, 2.75) is 64.5 Å². The molecule has 1 unspecified atom stereocenters. The fourth-order valence-corrected chi connectivity index (χ4v) is 5.27. The summed E-state index contributed by atoms with van der Waals surface area (Å²) in [7, 11) is 0. The Hall–Kier alpha value is -4.07. The van der Waals surface area contributed by atoms with Gasteiger partial charge in [0.2, 0.25) is 0 Å². The van der Waals surface area contributed by atoms with Gasteiger partial charge in [0, 0.05) is 65.7 Å². The van der Waals surface area contributed by atoms with Crippen LogP contribution >= 0.6 is 0 Å². The Balaban J connectivity index is 1.27. The lowest BCUT2D eigenvalue weighted by molar-refractivity contribution is 0.0487. The zero-order valence-corrected chi connectivity index (χ0v) is 23.3. The number of rotatable bonds is 5. The van der Waals surface area contributed by atoms with Crippen LogP contribution in [0.3, 0.4) is 0 Å². The summed E-state index contributed by atoms with van der Waals surface area (Å²) in [5, 5.41) is 3.01. The van der Waals surface area contributed by atoms with Crippen LogP contribution in [0, 0.1) is 6.92 Å². The summed E-state index contributed by atoms with van der Waals surface area (Å²) in [5.41, 5.74) is 13.4. The van der Waals surface area contributed by atoms with Crippen LogP contribution in [0.4, 0.5) is 4.79 Å². The van der Waals surface area contributed by atoms with E-state index in [1.165, 1.54) is 0 Å². The van der Waals surface area contributed by atoms with Gasteiger partial charge in [-0.1, -0.05) is 30.9 Å². The van der Waals surface area contributed by atoms with Gasteiger partial charge in [-0.2, -0.15) is 0 Å². The van der Waals surface area contributed by atoms with Gasteiger partial charge in [-0.15, -0.1) is 0 Å². The quantitative estimate of drug-likeness (QED) is 0.452. The van der Waals surface area contributed by atoms with Crippen molar-refractivity contribution in [1.82, 2.24) is 24.6 Å². The van der Waals surface area contributed by atoms with E-state index >= 15 is 0 Å². The average Bonchev–Trinajstić information content (AvgIpc) is 3.31. The molecule has 0 bridgehead atoms. The minimum Gasteiger partial charge on any atom is -0.444 e. The van der Waals surface area contributed by atoms with Crippen LogP contribution in [0.1, 0.15) is 62.8 Å². The molecule has 0 saturated carbocycles. The number of piperidine rings is 1. The van der Waals surface area contributed by atoms with Crippen LogP contribution in [-0.4, -0.2) is 50.1 Å². The molecular formula is C31H38N6O2. The van der Waals surface area contributed by atoms with Gasteiger partial charge in [-0.3, -0.25) is 9.38 Å². The predicted molar refractivity (Wildman–Crippen MR) is 155 cm³/mol. The lowest BCUT2D eigenvalue weighted by Crippen LogP contribution is -2.45. The molecule has 1 aromatic carbocycles. The number of imidazole rings is 1. The Morgan fingerprint density at radius 2 is 1.95 bits per heavy atom. The molecule has 1 atom stereocenters. The highest BCUT2D eigenvalue weighted by atomic mass is 16.6. The summed E-state index contributed by atoms with van der Waals surface area (Å²) in [4.78, 5) is 23.7. The number of carbonyl (C=O) groups excluding carboxylic acids is 1. The van der Waals surface area contributed by atoms with E-state index in [0.717, 1.165) is 77.5 Å². The van der Waals surface area contributed by atoms with Crippen LogP contribution in [0.5, 0.6) is 0 Å². The van der Waals surface area contributed by atoms with Gasteiger partial charge in [0.05, 0.1) is 11.9 Å². The van der Waals surface area contributed by atoms with Gasteiger partial charge in [0.15, 0.2) is 5.65 Å². The molecule has 2 aliphatic rings. The molecule has 39 heavy (non-hydrogen) atoms. The Bertz CT molecular complexity index is 1450. The lowest BCUT2D eigenvalue weighted by Gasteiger charge is -2.35. The number of aryl methyl sites for hydroxylation is 1. The number of benzene rings is 1. The molecule has 1 aliphatic heterocycles. The van der Waals surface area contributed by atoms with Crippen LogP contribution < -0.4 is 11.1 Å². The van der Waals surface area contributed by atoms with Gasteiger partial charge >= 0.3 is 6.09 Å². The van der Waals surface area contributed by atoms with Gasteiger partial charge < -0.3 is 20.7 Å². The second kappa shape index (κ2) is 10.6. The van der Waals surface area contributed by atoms with Gasteiger partial charge in [-0.05, 0) is 64.7 Å². The molecule has 1 saturated heterocycles. The SMILES string of the molecule is C=C(c1ccc(-c2cn3c(C4C=CC(N)=CC4)cnc3cn2)cc1C)N1CCC(NC(=O)OC(C)(C)C)CC1. The van der Waals surface area contributed by atoms with E-state index in [0.29, 0.717) is 0 Å². The summed E-state index contributed by atoms with van der Waals surface area (Å²) in [6.07, 6.45) is 14.2. The van der Waals surface area contributed by atoms with Crippen molar-refractivity contribution in [3.63, 3.8) is 0 Å². The molecule has 0 spiro atoms. The maximum atomic E-state index is 12.1. The smallest absolute Gasteiger partial charge is 0.407 e. The first kappa shape index (κ1) is 26.5. The second-order valence-electron chi connectivity index (χ2n) is 11.5. The largest absolute Gasteiger partial charge is 0.444 e. The molecule has 3 heterocycles. The number of aromatic nitrogens is 3. The van der Waals surface area contributed by atoms with E-state index in [1.807, 2.05) is 39.2 Å². The molecule has 1 amide bonds. The number of amides is 1. The molecule has 8 heteroatoms. The van der Waals surface area contributed by atoms with E-state index in [4.69, 9.17) is 15.5 Å². The number of nitrogens with one attached hydrogen (secondary N) is 1. The van der Waals surface area contributed by atoms with Crippen molar-refractivity contribution < 1.29 is 9.53 Å². The Morgan fingerprint density at radius 1 is 1.18 bits per heavy atom. The van der Waals surface area contributed by atoms with Gasteiger partial charge in [0.1, 0.15) is 5.60 Å². The molecule has 8 nitrogen and oxygen atoms in total. The third-order valence-electron chi connectivity index (χ3n) is 7.36. The monoisotopic (exact) mass is 526 g/mol. The number of fused-ring (bicyclic) bond motifs is 1. The Morgan fingerprint density at radius 3 is 2.62 bits per heavy atom. The molecule has 2 aromatic heterocycles. The summed E-state index contributed by atoms with van der Waals surface area (Å²) < 4.78 is 7.54. The number of carbonyl (C=O) groups is 1. The highest BCUT2D eigenvalue weighted by Crippen LogP contribution is 2.30. The second-order valence-corrected chi connectivity index (χ2v) is 11.5. The third-order valence-corrected chi connectivity index (χ3v) is 7.36. The summed E-state index contributed by atoms with van der Waals surface area (Å²) in [6, 6.07) is 6.53. The molecule has 5 rings (SSSR count). The molecule has 0 radical (unpaired) electrons.